The summed E-state index contributed by atoms with van der Waals surface area (Å²) in [5.74, 6) is -0.993. The summed E-state index contributed by atoms with van der Waals surface area (Å²) >= 11 is 0. The summed E-state index contributed by atoms with van der Waals surface area (Å²) in [6, 6.07) is 1.31. The summed E-state index contributed by atoms with van der Waals surface area (Å²) < 4.78 is 52.2. The molecule has 2 rings (SSSR count). The molecule has 1 heterocycles. The maximum atomic E-state index is 13.1. The minimum absolute atomic E-state index is 0.216. The summed E-state index contributed by atoms with van der Waals surface area (Å²) in [7, 11) is 3.20. The molecule has 1 aromatic rings. The van der Waals surface area contributed by atoms with E-state index in [1.807, 2.05) is 0 Å². The highest BCUT2D eigenvalue weighted by Crippen LogP contribution is 2.32. The molecule has 0 spiro atoms. The molecule has 0 aromatic heterocycles. The fourth-order valence-electron chi connectivity index (χ4n) is 2.83. The molecule has 1 fully saturated rings. The quantitative estimate of drug-likeness (QED) is 0.780. The van der Waals surface area contributed by atoms with Gasteiger partial charge >= 0.3 is 18.2 Å². The van der Waals surface area contributed by atoms with Crippen LogP contribution in [0.2, 0.25) is 0 Å². The van der Waals surface area contributed by atoms with E-state index < -0.39 is 23.6 Å². The van der Waals surface area contributed by atoms with Gasteiger partial charge in [0.15, 0.2) is 0 Å². The van der Waals surface area contributed by atoms with Crippen LogP contribution in [0.5, 0.6) is 0 Å². The van der Waals surface area contributed by atoms with Crippen LogP contribution in [0.3, 0.4) is 0 Å². The van der Waals surface area contributed by atoms with Gasteiger partial charge in [-0.05, 0) is 30.5 Å². The molecular weight excluding hydrogens is 368 g/mol. The Morgan fingerprint density at radius 1 is 1.30 bits per heavy atom. The van der Waals surface area contributed by atoms with Crippen molar-refractivity contribution in [3.05, 3.63) is 35.1 Å². The number of urea groups is 2. The summed E-state index contributed by atoms with van der Waals surface area (Å²) in [6.07, 6.45) is -3.34. The van der Waals surface area contributed by atoms with Gasteiger partial charge in [0.1, 0.15) is 5.82 Å². The van der Waals surface area contributed by atoms with Crippen molar-refractivity contribution in [2.24, 2.45) is 0 Å². The number of rotatable bonds is 3. The van der Waals surface area contributed by atoms with Crippen LogP contribution in [0, 0.1) is 5.82 Å². The monoisotopic (exact) mass is 390 g/mol. The van der Waals surface area contributed by atoms with Crippen molar-refractivity contribution in [2.45, 2.75) is 31.6 Å². The molecule has 1 aliphatic rings. The zero-order chi connectivity index (χ0) is 20.2. The van der Waals surface area contributed by atoms with E-state index in [2.05, 4.69) is 10.6 Å². The van der Waals surface area contributed by atoms with Crippen LogP contribution >= 0.6 is 0 Å². The van der Waals surface area contributed by atoms with E-state index >= 15 is 0 Å². The van der Waals surface area contributed by atoms with Gasteiger partial charge in [0.25, 0.3) is 0 Å². The molecule has 10 heteroatoms. The molecule has 1 saturated heterocycles. The van der Waals surface area contributed by atoms with Gasteiger partial charge < -0.3 is 20.4 Å². The SMILES string of the molecule is CN(C)C(=O)NC1CCCN(C(=O)NCc2ccc(F)cc2C(F)(F)F)C1. The van der Waals surface area contributed by atoms with Gasteiger partial charge in [-0.15, -0.1) is 0 Å². The van der Waals surface area contributed by atoms with Gasteiger partial charge in [-0.2, -0.15) is 13.2 Å². The van der Waals surface area contributed by atoms with E-state index in [-0.39, 0.29) is 30.7 Å². The lowest BCUT2D eigenvalue weighted by Gasteiger charge is -2.33. The average Bonchev–Trinajstić information content (AvgIpc) is 2.59. The highest BCUT2D eigenvalue weighted by molar-refractivity contribution is 5.75. The average molecular weight is 390 g/mol. The highest BCUT2D eigenvalue weighted by Gasteiger charge is 2.34. The van der Waals surface area contributed by atoms with Gasteiger partial charge in [-0.3, -0.25) is 0 Å². The Kier molecular flexibility index (Phi) is 6.50. The third-order valence-electron chi connectivity index (χ3n) is 4.25. The number of hydrogen-bond donors (Lipinski definition) is 2. The molecule has 27 heavy (non-hydrogen) atoms. The Morgan fingerprint density at radius 2 is 2.00 bits per heavy atom. The molecule has 1 aliphatic heterocycles. The molecule has 4 amide bonds. The van der Waals surface area contributed by atoms with Crippen molar-refractivity contribution in [3.63, 3.8) is 0 Å². The van der Waals surface area contributed by atoms with Crippen molar-refractivity contribution in [1.29, 1.82) is 0 Å². The largest absolute Gasteiger partial charge is 0.416 e. The number of benzene rings is 1. The molecule has 1 unspecified atom stereocenters. The van der Waals surface area contributed by atoms with E-state index in [0.717, 1.165) is 12.1 Å². The molecule has 0 saturated carbocycles. The van der Waals surface area contributed by atoms with Gasteiger partial charge in [0.2, 0.25) is 0 Å². The molecule has 6 nitrogen and oxygen atoms in total. The van der Waals surface area contributed by atoms with E-state index in [4.69, 9.17) is 0 Å². The first-order valence-corrected chi connectivity index (χ1v) is 8.44. The zero-order valence-electron chi connectivity index (χ0n) is 15.1. The van der Waals surface area contributed by atoms with Crippen LogP contribution in [-0.4, -0.2) is 55.1 Å². The third-order valence-corrected chi connectivity index (χ3v) is 4.25. The first-order chi connectivity index (χ1) is 12.6. The summed E-state index contributed by atoms with van der Waals surface area (Å²) in [6.45, 7) is 0.329. The van der Waals surface area contributed by atoms with Crippen molar-refractivity contribution in [2.75, 3.05) is 27.2 Å². The first kappa shape index (κ1) is 20.8. The van der Waals surface area contributed by atoms with E-state index in [0.29, 0.717) is 25.5 Å². The van der Waals surface area contributed by atoms with E-state index in [1.54, 1.807) is 14.1 Å². The second-order valence-corrected chi connectivity index (χ2v) is 6.59. The Bertz CT molecular complexity index is 694. The maximum absolute atomic E-state index is 13.1. The second kappa shape index (κ2) is 8.45. The Morgan fingerprint density at radius 3 is 2.63 bits per heavy atom. The second-order valence-electron chi connectivity index (χ2n) is 6.59. The number of likely N-dealkylation sites (tertiary alicyclic amines) is 1. The van der Waals surface area contributed by atoms with Crippen LogP contribution in [0.4, 0.5) is 27.2 Å². The molecule has 0 bridgehead atoms. The lowest BCUT2D eigenvalue weighted by molar-refractivity contribution is -0.138. The first-order valence-electron chi connectivity index (χ1n) is 8.44. The van der Waals surface area contributed by atoms with Crippen molar-refractivity contribution < 1.29 is 27.2 Å². The highest BCUT2D eigenvalue weighted by atomic mass is 19.4. The molecule has 0 radical (unpaired) electrons. The number of carbonyl (C=O) groups excluding carboxylic acids is 2. The van der Waals surface area contributed by atoms with Crippen LogP contribution < -0.4 is 10.6 Å². The van der Waals surface area contributed by atoms with Gasteiger partial charge in [0, 0.05) is 39.8 Å². The third kappa shape index (κ3) is 5.73. The molecule has 1 aromatic carbocycles. The fourth-order valence-corrected chi connectivity index (χ4v) is 2.83. The number of nitrogens with one attached hydrogen (secondary N) is 2. The molecule has 1 atom stereocenters. The van der Waals surface area contributed by atoms with Crippen molar-refractivity contribution >= 4 is 12.1 Å². The molecule has 0 aliphatic carbocycles. The summed E-state index contributed by atoms with van der Waals surface area (Å²) in [5, 5.41) is 5.23. The van der Waals surface area contributed by atoms with Crippen molar-refractivity contribution in [1.82, 2.24) is 20.4 Å². The van der Waals surface area contributed by atoms with Gasteiger partial charge in [-0.25, -0.2) is 14.0 Å². The predicted molar refractivity (Wildman–Crippen MR) is 90.5 cm³/mol. The normalized spacial score (nSPS) is 17.4. The number of hydrogen-bond acceptors (Lipinski definition) is 2. The maximum Gasteiger partial charge on any atom is 0.416 e. The van der Waals surface area contributed by atoms with Gasteiger partial charge in [0.05, 0.1) is 5.56 Å². The standard InChI is InChI=1S/C17H22F4N4O2/c1-24(2)16(27)23-13-4-3-7-25(10-13)15(26)22-9-11-5-6-12(18)8-14(11)17(19,20)21/h5-6,8,13H,3-4,7,9-10H2,1-2H3,(H,22,26)(H,23,27). The molecule has 2 N–H and O–H groups in total. The number of amides is 4. The minimum atomic E-state index is -4.71. The fraction of sp³-hybridized carbons (Fsp3) is 0.529. The van der Waals surface area contributed by atoms with E-state index in [9.17, 15) is 27.2 Å². The summed E-state index contributed by atoms with van der Waals surface area (Å²) in [4.78, 5) is 26.8. The molecule has 150 valence electrons. The number of alkyl halides is 3. The van der Waals surface area contributed by atoms with Crippen LogP contribution in [-0.2, 0) is 12.7 Å². The number of halogens is 4. The number of carbonyl (C=O) groups is 2. The zero-order valence-corrected chi connectivity index (χ0v) is 15.1. The molecular formula is C17H22F4N4O2. The van der Waals surface area contributed by atoms with Crippen LogP contribution in [0.25, 0.3) is 0 Å². The number of nitrogens with zero attached hydrogens (tertiary/aromatic N) is 2. The Labute approximate surface area is 154 Å². The lowest BCUT2D eigenvalue weighted by atomic mass is 10.1. The smallest absolute Gasteiger partial charge is 0.334 e. The van der Waals surface area contributed by atoms with E-state index in [1.165, 1.54) is 9.80 Å². The van der Waals surface area contributed by atoms with Gasteiger partial charge in [-0.1, -0.05) is 6.07 Å². The van der Waals surface area contributed by atoms with Crippen LogP contribution in [0.15, 0.2) is 18.2 Å². The topological polar surface area (TPSA) is 64.7 Å². The van der Waals surface area contributed by atoms with Crippen LogP contribution in [0.1, 0.15) is 24.0 Å². The lowest BCUT2D eigenvalue weighted by Crippen LogP contribution is -2.53. The number of piperidine rings is 1. The Balaban J connectivity index is 1.97. The predicted octanol–water partition coefficient (Wildman–Crippen LogP) is 2.79. The van der Waals surface area contributed by atoms with Crippen molar-refractivity contribution in [3.8, 4) is 0 Å². The minimum Gasteiger partial charge on any atom is -0.334 e. The summed E-state index contributed by atoms with van der Waals surface area (Å²) in [5.41, 5.74) is -1.33. The Hall–Kier alpha value is -2.52.